The molecule has 1 aromatic heterocycles. The van der Waals surface area contributed by atoms with Crippen LogP contribution in [0.15, 0.2) is 60.8 Å². The van der Waals surface area contributed by atoms with Crippen LogP contribution in [0.3, 0.4) is 0 Å². The van der Waals surface area contributed by atoms with Gasteiger partial charge >= 0.3 is 6.18 Å². The number of carbonyl (C=O) groups excluding carboxylic acids is 1. The van der Waals surface area contributed by atoms with Crippen LogP contribution in [0, 0.1) is 0 Å². The van der Waals surface area contributed by atoms with Gasteiger partial charge in [-0.3, -0.25) is 9.78 Å². The van der Waals surface area contributed by atoms with Gasteiger partial charge in [0.15, 0.2) is 0 Å². The molecule has 1 aliphatic rings. The Morgan fingerprint density at radius 3 is 2.57 bits per heavy atom. The third-order valence-electron chi connectivity index (χ3n) is 4.61. The molecule has 7 heteroatoms. The highest BCUT2D eigenvalue weighted by molar-refractivity contribution is 6.30. The number of benzene rings is 2. The Labute approximate surface area is 164 Å². The van der Waals surface area contributed by atoms with E-state index in [-0.39, 0.29) is 12.3 Å². The molecule has 3 aromatic rings. The molecule has 1 amide bonds. The number of halogens is 4. The Balaban J connectivity index is 1.70. The van der Waals surface area contributed by atoms with E-state index < -0.39 is 11.7 Å². The summed E-state index contributed by atoms with van der Waals surface area (Å²) in [6.07, 6.45) is -2.75. The zero-order valence-corrected chi connectivity index (χ0v) is 15.3. The molecule has 0 unspecified atom stereocenters. The number of carbonyl (C=O) groups is 1. The maximum Gasteiger partial charge on any atom is 0.416 e. The number of anilines is 1. The minimum Gasteiger partial charge on any atom is -0.306 e. The molecule has 0 bridgehead atoms. The van der Waals surface area contributed by atoms with E-state index in [0.717, 1.165) is 17.7 Å². The van der Waals surface area contributed by atoms with Crippen molar-refractivity contribution in [3.05, 3.63) is 82.6 Å². The summed E-state index contributed by atoms with van der Waals surface area (Å²) in [7, 11) is 0. The second-order valence-corrected chi connectivity index (χ2v) is 6.99. The van der Waals surface area contributed by atoms with Crippen molar-refractivity contribution in [1.82, 2.24) is 4.98 Å². The van der Waals surface area contributed by atoms with Crippen LogP contribution in [0.2, 0.25) is 5.02 Å². The van der Waals surface area contributed by atoms with Gasteiger partial charge in [0, 0.05) is 16.8 Å². The highest BCUT2D eigenvalue weighted by Gasteiger charge is 2.31. The fourth-order valence-corrected chi connectivity index (χ4v) is 3.46. The minimum absolute atomic E-state index is 0.108. The number of hydrogen-bond acceptors (Lipinski definition) is 2. The Morgan fingerprint density at radius 1 is 1.04 bits per heavy atom. The van der Waals surface area contributed by atoms with Gasteiger partial charge in [-0.25, -0.2) is 0 Å². The number of hydrogen-bond donors (Lipinski definition) is 0. The summed E-state index contributed by atoms with van der Waals surface area (Å²) >= 11 is 6.02. The molecule has 0 fully saturated rings. The molecular formula is C21H14ClF3N2O. The number of amides is 1. The predicted octanol–water partition coefficient (Wildman–Crippen LogP) is 5.51. The number of alkyl halides is 3. The molecule has 0 radical (unpaired) electrons. The molecule has 142 valence electrons. The van der Waals surface area contributed by atoms with Crippen LogP contribution in [0.4, 0.5) is 18.9 Å². The quantitative estimate of drug-likeness (QED) is 0.578. The van der Waals surface area contributed by atoms with Crippen LogP contribution in [0.25, 0.3) is 11.1 Å². The lowest BCUT2D eigenvalue weighted by Crippen LogP contribution is -2.26. The zero-order chi connectivity index (χ0) is 19.9. The molecular weight excluding hydrogens is 389 g/mol. The molecule has 28 heavy (non-hydrogen) atoms. The molecule has 0 saturated heterocycles. The summed E-state index contributed by atoms with van der Waals surface area (Å²) in [6, 6.07) is 14.0. The summed E-state index contributed by atoms with van der Waals surface area (Å²) in [5.74, 6) is -0.108. The van der Waals surface area contributed by atoms with E-state index in [1.165, 1.54) is 12.3 Å². The summed E-state index contributed by atoms with van der Waals surface area (Å²) < 4.78 is 39.0. The maximum absolute atomic E-state index is 13.0. The smallest absolute Gasteiger partial charge is 0.306 e. The van der Waals surface area contributed by atoms with Crippen LogP contribution >= 0.6 is 11.6 Å². The van der Waals surface area contributed by atoms with Gasteiger partial charge < -0.3 is 4.90 Å². The lowest BCUT2D eigenvalue weighted by Gasteiger charge is -2.18. The number of nitrogens with zero attached hydrogens (tertiary/aromatic N) is 2. The van der Waals surface area contributed by atoms with E-state index in [4.69, 9.17) is 11.6 Å². The van der Waals surface area contributed by atoms with E-state index in [9.17, 15) is 18.0 Å². The summed E-state index contributed by atoms with van der Waals surface area (Å²) in [6.45, 7) is 0.320. The Hall–Kier alpha value is -2.86. The first-order valence-corrected chi connectivity index (χ1v) is 8.90. The topological polar surface area (TPSA) is 33.2 Å². The number of rotatable bonds is 3. The normalized spacial score (nSPS) is 13.7. The molecule has 1 aliphatic heterocycles. The molecule has 2 heterocycles. The second-order valence-electron chi connectivity index (χ2n) is 6.55. The summed E-state index contributed by atoms with van der Waals surface area (Å²) in [4.78, 5) is 18.4. The van der Waals surface area contributed by atoms with Gasteiger partial charge in [0.2, 0.25) is 5.91 Å². The van der Waals surface area contributed by atoms with E-state index in [1.807, 2.05) is 6.07 Å². The highest BCUT2D eigenvalue weighted by atomic mass is 35.5. The van der Waals surface area contributed by atoms with Crippen molar-refractivity contribution in [2.75, 3.05) is 4.90 Å². The van der Waals surface area contributed by atoms with Crippen molar-refractivity contribution in [3.8, 4) is 11.1 Å². The Morgan fingerprint density at radius 2 is 1.82 bits per heavy atom. The molecule has 0 atom stereocenters. The maximum atomic E-state index is 13.0. The van der Waals surface area contributed by atoms with Crippen molar-refractivity contribution >= 4 is 23.2 Å². The first kappa shape index (κ1) is 18.5. The van der Waals surface area contributed by atoms with Crippen molar-refractivity contribution in [3.63, 3.8) is 0 Å². The molecule has 0 N–H and O–H groups in total. The third kappa shape index (κ3) is 3.60. The molecule has 4 rings (SSSR count). The lowest BCUT2D eigenvalue weighted by molar-refractivity contribution is -0.137. The predicted molar refractivity (Wildman–Crippen MR) is 101 cm³/mol. The van der Waals surface area contributed by atoms with Crippen LogP contribution in [-0.4, -0.2) is 10.9 Å². The first-order chi connectivity index (χ1) is 13.3. The van der Waals surface area contributed by atoms with E-state index in [0.29, 0.717) is 34.1 Å². The fraction of sp³-hybridized carbons (Fsp3) is 0.143. The lowest BCUT2D eigenvalue weighted by atomic mass is 10.0. The van der Waals surface area contributed by atoms with Gasteiger partial charge in [-0.05, 0) is 41.5 Å². The van der Waals surface area contributed by atoms with Gasteiger partial charge in [0.05, 0.1) is 29.9 Å². The van der Waals surface area contributed by atoms with Crippen LogP contribution in [0.5, 0.6) is 0 Å². The third-order valence-corrected chi connectivity index (χ3v) is 4.85. The molecule has 0 saturated carbocycles. The molecule has 0 aliphatic carbocycles. The van der Waals surface area contributed by atoms with Crippen molar-refractivity contribution in [1.29, 1.82) is 0 Å². The Kier molecular flexibility index (Phi) is 4.59. The second kappa shape index (κ2) is 6.95. The van der Waals surface area contributed by atoms with Crippen molar-refractivity contribution in [2.45, 2.75) is 19.1 Å². The number of fused-ring (bicyclic) bond motifs is 1. The van der Waals surface area contributed by atoms with Crippen LogP contribution in [0.1, 0.15) is 16.8 Å². The van der Waals surface area contributed by atoms with Gasteiger partial charge in [-0.1, -0.05) is 35.9 Å². The average Bonchev–Trinajstić information content (AvgIpc) is 2.96. The van der Waals surface area contributed by atoms with E-state index in [2.05, 4.69) is 4.98 Å². The molecule has 0 spiro atoms. The van der Waals surface area contributed by atoms with E-state index >= 15 is 0 Å². The van der Waals surface area contributed by atoms with Gasteiger partial charge in [0.25, 0.3) is 0 Å². The van der Waals surface area contributed by atoms with Crippen molar-refractivity contribution in [2.24, 2.45) is 0 Å². The summed E-state index contributed by atoms with van der Waals surface area (Å²) in [5, 5.41) is 0.570. The van der Waals surface area contributed by atoms with Gasteiger partial charge in [-0.15, -0.1) is 0 Å². The van der Waals surface area contributed by atoms with E-state index in [1.54, 1.807) is 35.2 Å². The largest absolute Gasteiger partial charge is 0.416 e. The Bertz CT molecular complexity index is 1070. The van der Waals surface area contributed by atoms with Crippen LogP contribution < -0.4 is 4.90 Å². The SMILES string of the molecule is O=C1Cc2ncc(-c3cccc(C(F)(F)F)c3)cc2N1Cc1cccc(Cl)c1. The van der Waals surface area contributed by atoms with Crippen molar-refractivity contribution < 1.29 is 18.0 Å². The number of aromatic nitrogens is 1. The first-order valence-electron chi connectivity index (χ1n) is 8.52. The number of pyridine rings is 1. The van der Waals surface area contributed by atoms with Gasteiger partial charge in [0.1, 0.15) is 0 Å². The summed E-state index contributed by atoms with van der Waals surface area (Å²) in [5.41, 5.74) is 2.28. The average molecular weight is 403 g/mol. The molecule has 2 aromatic carbocycles. The zero-order valence-electron chi connectivity index (χ0n) is 14.5. The standard InChI is InChI=1S/C21H14ClF3N2O/c22-17-6-1-3-13(7-17)12-27-19-9-15(11-26-18(19)10-20(27)28)14-4-2-5-16(8-14)21(23,24)25/h1-9,11H,10,12H2. The monoisotopic (exact) mass is 402 g/mol. The minimum atomic E-state index is -4.42. The highest BCUT2D eigenvalue weighted by Crippen LogP contribution is 2.35. The molecule has 3 nitrogen and oxygen atoms in total. The fourth-order valence-electron chi connectivity index (χ4n) is 3.25. The van der Waals surface area contributed by atoms with Crippen LogP contribution in [-0.2, 0) is 23.9 Å². The van der Waals surface area contributed by atoms with Gasteiger partial charge in [-0.2, -0.15) is 13.2 Å².